The highest BCUT2D eigenvalue weighted by molar-refractivity contribution is 5.74. The van der Waals surface area contributed by atoms with E-state index in [9.17, 15) is 10.2 Å². The maximum Gasteiger partial charge on any atom is 0.149 e. The summed E-state index contributed by atoms with van der Waals surface area (Å²) in [5, 5.41) is 36.8. The molecular formula is C17H18N6O2. The van der Waals surface area contributed by atoms with E-state index in [0.717, 1.165) is 22.1 Å². The molecule has 4 aromatic rings. The minimum Gasteiger partial charge on any atom is -0.372 e. The third-order valence-electron chi connectivity index (χ3n) is 4.24. The van der Waals surface area contributed by atoms with E-state index in [1.165, 1.54) is 9.36 Å². The summed E-state index contributed by atoms with van der Waals surface area (Å²) in [5.74, 6) is 0. The number of aromatic nitrogens is 6. The molecule has 0 fully saturated rings. The average Bonchev–Trinajstić information content (AvgIpc) is 3.26. The van der Waals surface area contributed by atoms with Gasteiger partial charge in [-0.05, 0) is 43.5 Å². The topological polar surface area (TPSA) is 102 Å². The van der Waals surface area contributed by atoms with Crippen LogP contribution in [0.1, 0.15) is 31.7 Å². The Hall–Kier alpha value is -2.84. The monoisotopic (exact) mass is 338 g/mol. The van der Waals surface area contributed by atoms with Crippen LogP contribution >= 0.6 is 0 Å². The van der Waals surface area contributed by atoms with Crippen LogP contribution in [0.5, 0.6) is 0 Å². The lowest BCUT2D eigenvalue weighted by Gasteiger charge is -2.14. The van der Waals surface area contributed by atoms with Gasteiger partial charge in [-0.2, -0.15) is 0 Å². The lowest BCUT2D eigenvalue weighted by molar-refractivity contribution is 0.0551. The Balaban J connectivity index is 1.40. The molecule has 0 aliphatic carbocycles. The first-order valence-electron chi connectivity index (χ1n) is 8.20. The fourth-order valence-corrected chi connectivity index (χ4v) is 2.94. The van der Waals surface area contributed by atoms with Crippen LogP contribution in [-0.2, 0) is 0 Å². The van der Waals surface area contributed by atoms with Crippen molar-refractivity contribution < 1.29 is 10.2 Å². The third-order valence-corrected chi connectivity index (χ3v) is 4.24. The Morgan fingerprint density at radius 3 is 1.64 bits per heavy atom. The van der Waals surface area contributed by atoms with E-state index >= 15 is 0 Å². The second-order valence-corrected chi connectivity index (χ2v) is 5.94. The van der Waals surface area contributed by atoms with Crippen LogP contribution in [0.2, 0.25) is 0 Å². The van der Waals surface area contributed by atoms with Gasteiger partial charge in [0.05, 0.1) is 11.0 Å². The highest BCUT2D eigenvalue weighted by atomic mass is 16.3. The Bertz CT molecular complexity index is 915. The van der Waals surface area contributed by atoms with Crippen LogP contribution < -0.4 is 0 Å². The molecule has 2 atom stereocenters. The molecule has 0 saturated heterocycles. The van der Waals surface area contributed by atoms with Crippen LogP contribution in [0.3, 0.4) is 0 Å². The maximum atomic E-state index is 10.4. The van der Waals surface area contributed by atoms with E-state index in [0.29, 0.717) is 19.3 Å². The zero-order chi connectivity index (χ0) is 17.2. The molecule has 8 heteroatoms. The van der Waals surface area contributed by atoms with E-state index in [2.05, 4.69) is 20.6 Å². The standard InChI is InChI=1S/C17H18N6O2/c24-16(22-14-8-3-1-6-12(14)18-20-22)10-5-11-17(25)23-15-9-4-2-7-13(15)19-21-23/h1-4,6-9,16-17,24-25H,5,10-11H2. The minimum absolute atomic E-state index is 0.455. The minimum atomic E-state index is -0.785. The second-order valence-electron chi connectivity index (χ2n) is 5.94. The van der Waals surface area contributed by atoms with Crippen LogP contribution in [0.25, 0.3) is 22.1 Å². The number of rotatable bonds is 6. The third kappa shape index (κ3) is 2.97. The van der Waals surface area contributed by atoms with E-state index in [1.54, 1.807) is 0 Å². The van der Waals surface area contributed by atoms with Gasteiger partial charge in [0.15, 0.2) is 0 Å². The van der Waals surface area contributed by atoms with Gasteiger partial charge >= 0.3 is 0 Å². The van der Waals surface area contributed by atoms with Gasteiger partial charge in [-0.3, -0.25) is 0 Å². The van der Waals surface area contributed by atoms with Crippen molar-refractivity contribution in [3.63, 3.8) is 0 Å². The summed E-state index contributed by atoms with van der Waals surface area (Å²) in [7, 11) is 0. The fraction of sp³-hybridized carbons (Fsp3) is 0.294. The molecule has 8 nitrogen and oxygen atoms in total. The molecule has 2 aromatic heterocycles. The molecule has 0 amide bonds. The highest BCUT2D eigenvalue weighted by Gasteiger charge is 2.15. The molecule has 4 rings (SSSR count). The molecule has 2 unspecified atom stereocenters. The normalized spacial score (nSPS) is 14.2. The molecular weight excluding hydrogens is 320 g/mol. The largest absolute Gasteiger partial charge is 0.372 e. The van der Waals surface area contributed by atoms with Crippen LogP contribution in [0.4, 0.5) is 0 Å². The highest BCUT2D eigenvalue weighted by Crippen LogP contribution is 2.21. The molecule has 0 saturated carbocycles. The van der Waals surface area contributed by atoms with Gasteiger partial charge in [0, 0.05) is 0 Å². The molecule has 128 valence electrons. The summed E-state index contributed by atoms with van der Waals surface area (Å²) in [6.07, 6.45) is -0.0575. The summed E-state index contributed by atoms with van der Waals surface area (Å²) in [4.78, 5) is 0. The van der Waals surface area contributed by atoms with Crippen LogP contribution in [-0.4, -0.2) is 40.2 Å². The molecule has 2 aromatic carbocycles. The number of aliphatic hydroxyl groups is 2. The number of nitrogens with zero attached hydrogens (tertiary/aromatic N) is 6. The summed E-state index contributed by atoms with van der Waals surface area (Å²) in [6, 6.07) is 15.0. The van der Waals surface area contributed by atoms with Gasteiger partial charge in [0.2, 0.25) is 0 Å². The van der Waals surface area contributed by atoms with Crippen molar-refractivity contribution in [2.75, 3.05) is 0 Å². The van der Waals surface area contributed by atoms with Gasteiger partial charge in [-0.25, -0.2) is 9.36 Å². The van der Waals surface area contributed by atoms with E-state index < -0.39 is 12.5 Å². The van der Waals surface area contributed by atoms with Gasteiger partial charge in [-0.1, -0.05) is 34.7 Å². The number of benzene rings is 2. The first-order valence-corrected chi connectivity index (χ1v) is 8.20. The number of fused-ring (bicyclic) bond motifs is 2. The fourth-order valence-electron chi connectivity index (χ4n) is 2.94. The number of hydrogen-bond donors (Lipinski definition) is 2. The summed E-state index contributed by atoms with van der Waals surface area (Å²) in [6.45, 7) is 0. The Kier molecular flexibility index (Phi) is 4.12. The van der Waals surface area contributed by atoms with Crippen molar-refractivity contribution in [3.8, 4) is 0 Å². The number of aliphatic hydroxyl groups excluding tert-OH is 2. The van der Waals surface area contributed by atoms with Crippen LogP contribution in [0.15, 0.2) is 48.5 Å². The lowest BCUT2D eigenvalue weighted by atomic mass is 10.2. The smallest absolute Gasteiger partial charge is 0.149 e. The molecule has 0 spiro atoms. The average molecular weight is 338 g/mol. The molecule has 0 radical (unpaired) electrons. The van der Waals surface area contributed by atoms with Crippen molar-refractivity contribution in [2.24, 2.45) is 0 Å². The Labute approximate surface area is 143 Å². The summed E-state index contributed by atoms with van der Waals surface area (Å²) in [5.41, 5.74) is 3.07. The predicted octanol–water partition coefficient (Wildman–Crippen LogP) is 2.03. The van der Waals surface area contributed by atoms with Gasteiger partial charge in [-0.15, -0.1) is 10.2 Å². The molecule has 0 aliphatic heterocycles. The quantitative estimate of drug-likeness (QED) is 0.558. The van der Waals surface area contributed by atoms with E-state index in [4.69, 9.17) is 0 Å². The van der Waals surface area contributed by atoms with Gasteiger partial charge in [0.1, 0.15) is 23.5 Å². The Morgan fingerprint density at radius 1 is 0.720 bits per heavy atom. The van der Waals surface area contributed by atoms with E-state index in [-0.39, 0.29) is 0 Å². The zero-order valence-corrected chi connectivity index (χ0v) is 13.5. The second kappa shape index (κ2) is 6.58. The molecule has 2 heterocycles. The number of para-hydroxylation sites is 2. The Morgan fingerprint density at radius 2 is 1.16 bits per heavy atom. The molecule has 0 aliphatic rings. The maximum absolute atomic E-state index is 10.4. The number of hydrogen-bond acceptors (Lipinski definition) is 6. The zero-order valence-electron chi connectivity index (χ0n) is 13.5. The van der Waals surface area contributed by atoms with Crippen molar-refractivity contribution in [1.29, 1.82) is 0 Å². The first-order chi connectivity index (χ1) is 12.2. The lowest BCUT2D eigenvalue weighted by Crippen LogP contribution is -2.13. The van der Waals surface area contributed by atoms with Crippen molar-refractivity contribution in [1.82, 2.24) is 30.0 Å². The first kappa shape index (κ1) is 15.7. The SMILES string of the molecule is OC(CCCC(O)n1nnc2ccccc21)n1nnc2ccccc21. The van der Waals surface area contributed by atoms with Crippen molar-refractivity contribution >= 4 is 22.1 Å². The molecule has 0 bridgehead atoms. The van der Waals surface area contributed by atoms with Crippen LogP contribution in [0, 0.1) is 0 Å². The van der Waals surface area contributed by atoms with E-state index in [1.807, 2.05) is 48.5 Å². The van der Waals surface area contributed by atoms with Gasteiger partial charge < -0.3 is 10.2 Å². The van der Waals surface area contributed by atoms with Gasteiger partial charge in [0.25, 0.3) is 0 Å². The van der Waals surface area contributed by atoms with Crippen molar-refractivity contribution in [3.05, 3.63) is 48.5 Å². The predicted molar refractivity (Wildman–Crippen MR) is 91.4 cm³/mol. The van der Waals surface area contributed by atoms with Crippen molar-refractivity contribution in [2.45, 2.75) is 31.7 Å². The summed E-state index contributed by atoms with van der Waals surface area (Å²) >= 11 is 0. The molecule has 25 heavy (non-hydrogen) atoms. The molecule has 2 N–H and O–H groups in total. The summed E-state index contributed by atoms with van der Waals surface area (Å²) < 4.78 is 3.01.